The van der Waals surface area contributed by atoms with E-state index in [0.717, 1.165) is 11.3 Å². The number of rotatable bonds is 1. The Labute approximate surface area is 63.7 Å². The summed E-state index contributed by atoms with van der Waals surface area (Å²) >= 11 is 0. The third-order valence-corrected chi connectivity index (χ3v) is 1.58. The summed E-state index contributed by atoms with van der Waals surface area (Å²) in [5.41, 5.74) is 2.02. The summed E-state index contributed by atoms with van der Waals surface area (Å²) in [5.74, 6) is 0.335. The van der Waals surface area contributed by atoms with Crippen LogP contribution in [0.15, 0.2) is 6.20 Å². The van der Waals surface area contributed by atoms with Crippen molar-refractivity contribution in [2.24, 2.45) is 0 Å². The molecule has 1 aromatic heterocycles. The molecule has 0 fully saturated rings. The highest BCUT2D eigenvalue weighted by Gasteiger charge is 2.14. The van der Waals surface area contributed by atoms with Crippen LogP contribution in [0.2, 0.25) is 0 Å². The standard InChI is InChI=1S/C8H7NO2/c1-5(10)11-8-4-9-7-3-2-6(7)8/h2-4,9H,1H3. The molecule has 3 heteroatoms. The van der Waals surface area contributed by atoms with Crippen molar-refractivity contribution in [3.63, 3.8) is 0 Å². The quantitative estimate of drug-likeness (QED) is 0.623. The Bertz CT molecular complexity index is 336. The van der Waals surface area contributed by atoms with Gasteiger partial charge in [0.1, 0.15) is 0 Å². The van der Waals surface area contributed by atoms with Gasteiger partial charge < -0.3 is 9.72 Å². The van der Waals surface area contributed by atoms with Crippen molar-refractivity contribution in [2.45, 2.75) is 6.92 Å². The molecule has 0 atom stereocenters. The number of aromatic nitrogens is 1. The topological polar surface area (TPSA) is 42.1 Å². The minimum Gasteiger partial charge on any atom is -0.424 e. The van der Waals surface area contributed by atoms with Crippen LogP contribution in [0, 0.1) is 0 Å². The molecule has 0 saturated carbocycles. The maximum atomic E-state index is 10.5. The van der Waals surface area contributed by atoms with E-state index in [1.54, 1.807) is 6.20 Å². The highest BCUT2D eigenvalue weighted by molar-refractivity contribution is 5.88. The molecule has 0 aromatic carbocycles. The molecule has 3 nitrogen and oxygen atoms in total. The van der Waals surface area contributed by atoms with Crippen molar-refractivity contribution in [2.75, 3.05) is 0 Å². The smallest absolute Gasteiger partial charge is 0.308 e. The Morgan fingerprint density at radius 1 is 1.55 bits per heavy atom. The fourth-order valence-electron chi connectivity index (χ4n) is 1.05. The Kier molecular flexibility index (Phi) is 1.12. The van der Waals surface area contributed by atoms with Crippen LogP contribution in [0.3, 0.4) is 0 Å². The van der Waals surface area contributed by atoms with Gasteiger partial charge in [0.15, 0.2) is 5.75 Å². The number of carbonyl (C=O) groups is 1. The van der Waals surface area contributed by atoms with Crippen LogP contribution in [-0.4, -0.2) is 11.0 Å². The third kappa shape index (κ3) is 0.852. The monoisotopic (exact) mass is 149 g/mol. The Morgan fingerprint density at radius 3 is 2.82 bits per heavy atom. The lowest BCUT2D eigenvalue weighted by Gasteiger charge is -2.04. The largest absolute Gasteiger partial charge is 0.424 e. The van der Waals surface area contributed by atoms with Crippen molar-refractivity contribution in [1.29, 1.82) is 0 Å². The van der Waals surface area contributed by atoms with E-state index in [2.05, 4.69) is 4.98 Å². The summed E-state index contributed by atoms with van der Waals surface area (Å²) in [5, 5.41) is 0. The van der Waals surface area contributed by atoms with E-state index in [1.165, 1.54) is 6.92 Å². The molecule has 1 aromatic rings. The second-order valence-electron chi connectivity index (χ2n) is 2.41. The zero-order valence-corrected chi connectivity index (χ0v) is 6.05. The first-order chi connectivity index (χ1) is 5.27. The van der Waals surface area contributed by atoms with Gasteiger partial charge in [-0.25, -0.2) is 0 Å². The first kappa shape index (κ1) is 6.22. The van der Waals surface area contributed by atoms with Crippen molar-refractivity contribution in [3.8, 4) is 5.75 Å². The lowest BCUT2D eigenvalue weighted by atomic mass is 10.1. The SMILES string of the molecule is CC(=O)Oc1c[nH]c2c1C=C2. The average Bonchev–Trinajstić information content (AvgIpc) is 2.05. The lowest BCUT2D eigenvalue weighted by molar-refractivity contribution is -0.131. The number of ether oxygens (including phenoxy) is 1. The number of nitrogens with one attached hydrogen (secondary N) is 1. The molecule has 0 bridgehead atoms. The van der Waals surface area contributed by atoms with Crippen LogP contribution in [0.1, 0.15) is 18.2 Å². The second-order valence-corrected chi connectivity index (χ2v) is 2.41. The van der Waals surface area contributed by atoms with Gasteiger partial charge >= 0.3 is 5.97 Å². The molecular weight excluding hydrogens is 142 g/mol. The summed E-state index contributed by atoms with van der Waals surface area (Å²) in [6.45, 7) is 1.39. The zero-order valence-electron chi connectivity index (χ0n) is 6.05. The summed E-state index contributed by atoms with van der Waals surface area (Å²) in [7, 11) is 0. The molecule has 2 rings (SSSR count). The minimum atomic E-state index is -0.285. The first-order valence-electron chi connectivity index (χ1n) is 3.35. The van der Waals surface area contributed by atoms with Crippen molar-refractivity contribution >= 4 is 18.1 Å². The molecule has 56 valence electrons. The van der Waals surface area contributed by atoms with Gasteiger partial charge in [-0.2, -0.15) is 0 Å². The molecule has 1 heterocycles. The Morgan fingerprint density at radius 2 is 2.36 bits per heavy atom. The van der Waals surface area contributed by atoms with Gasteiger partial charge in [-0.05, 0) is 12.2 Å². The normalized spacial score (nSPS) is 12.1. The predicted octanol–water partition coefficient (Wildman–Crippen LogP) is 1.42. The number of hydrogen-bond donors (Lipinski definition) is 1. The Balaban J connectivity index is 2.28. The molecule has 0 aliphatic heterocycles. The summed E-state index contributed by atoms with van der Waals surface area (Å²) in [6.07, 6.45) is 5.53. The van der Waals surface area contributed by atoms with Gasteiger partial charge in [0.25, 0.3) is 0 Å². The van der Waals surface area contributed by atoms with E-state index in [-0.39, 0.29) is 5.97 Å². The maximum Gasteiger partial charge on any atom is 0.308 e. The Hall–Kier alpha value is -1.51. The van der Waals surface area contributed by atoms with E-state index in [1.807, 2.05) is 12.2 Å². The number of carbonyl (C=O) groups excluding carboxylic acids is 1. The van der Waals surface area contributed by atoms with Crippen LogP contribution < -0.4 is 4.74 Å². The first-order valence-corrected chi connectivity index (χ1v) is 3.35. The summed E-state index contributed by atoms with van der Waals surface area (Å²) < 4.78 is 4.90. The van der Waals surface area contributed by atoms with Crippen molar-refractivity contribution in [3.05, 3.63) is 17.5 Å². The van der Waals surface area contributed by atoms with Gasteiger partial charge in [-0.1, -0.05) is 0 Å². The molecule has 11 heavy (non-hydrogen) atoms. The van der Waals surface area contributed by atoms with Crippen molar-refractivity contribution < 1.29 is 9.53 Å². The van der Waals surface area contributed by atoms with E-state index in [9.17, 15) is 4.79 Å². The highest BCUT2D eigenvalue weighted by atomic mass is 16.5. The fourth-order valence-corrected chi connectivity index (χ4v) is 1.05. The van der Waals surface area contributed by atoms with Gasteiger partial charge in [0.05, 0.1) is 0 Å². The molecular formula is C8H7NO2. The van der Waals surface area contributed by atoms with Crippen LogP contribution in [0.25, 0.3) is 12.2 Å². The van der Waals surface area contributed by atoms with E-state index in [4.69, 9.17) is 4.74 Å². The lowest BCUT2D eigenvalue weighted by Crippen LogP contribution is -2.02. The van der Waals surface area contributed by atoms with Gasteiger partial charge in [-0.15, -0.1) is 0 Å². The van der Waals surface area contributed by atoms with Gasteiger partial charge in [0.2, 0.25) is 0 Å². The molecule has 1 aliphatic carbocycles. The number of esters is 1. The number of aromatic amines is 1. The van der Waals surface area contributed by atoms with E-state index < -0.39 is 0 Å². The highest BCUT2D eigenvalue weighted by Crippen LogP contribution is 2.31. The van der Waals surface area contributed by atoms with Crippen molar-refractivity contribution in [1.82, 2.24) is 4.98 Å². The number of hydrogen-bond acceptors (Lipinski definition) is 2. The summed E-state index contributed by atoms with van der Waals surface area (Å²) in [6, 6.07) is 0. The molecule has 0 amide bonds. The van der Waals surface area contributed by atoms with Crippen LogP contribution in [0.5, 0.6) is 5.75 Å². The molecule has 0 spiro atoms. The van der Waals surface area contributed by atoms with Crippen LogP contribution >= 0.6 is 0 Å². The zero-order chi connectivity index (χ0) is 7.84. The van der Waals surface area contributed by atoms with E-state index >= 15 is 0 Å². The van der Waals surface area contributed by atoms with Crippen LogP contribution in [0.4, 0.5) is 0 Å². The molecule has 0 unspecified atom stereocenters. The molecule has 0 radical (unpaired) electrons. The van der Waals surface area contributed by atoms with E-state index in [0.29, 0.717) is 5.75 Å². The van der Waals surface area contributed by atoms with Crippen LogP contribution in [-0.2, 0) is 4.79 Å². The molecule has 1 aliphatic rings. The predicted molar refractivity (Wildman–Crippen MR) is 41.0 cm³/mol. The average molecular weight is 149 g/mol. The maximum absolute atomic E-state index is 10.5. The second kappa shape index (κ2) is 1.99. The summed E-state index contributed by atoms with van der Waals surface area (Å²) in [4.78, 5) is 13.5. The fraction of sp³-hybridized carbons (Fsp3) is 0.125. The van der Waals surface area contributed by atoms with Gasteiger partial charge in [0, 0.05) is 24.4 Å². The van der Waals surface area contributed by atoms with Gasteiger partial charge in [-0.3, -0.25) is 4.79 Å². The molecule has 1 N–H and O–H groups in total. The number of fused-ring (bicyclic) bond motifs is 1. The minimum absolute atomic E-state index is 0.285. The molecule has 0 saturated heterocycles. The third-order valence-electron chi connectivity index (χ3n) is 1.58. The number of H-pyrrole nitrogens is 1.